The van der Waals surface area contributed by atoms with Crippen molar-refractivity contribution in [1.82, 2.24) is 20.3 Å². The second kappa shape index (κ2) is 3.48. The number of ether oxygens (including phenoxy) is 1. The smallest absolute Gasteiger partial charge is 0.396 e. The summed E-state index contributed by atoms with van der Waals surface area (Å²) < 4.78 is 14.1. The Balaban J connectivity index is 2.31. The zero-order valence-electron chi connectivity index (χ0n) is 7.92. The summed E-state index contributed by atoms with van der Waals surface area (Å²) in [4.78, 5) is 14.8. The van der Waals surface area contributed by atoms with E-state index in [2.05, 4.69) is 25.1 Å². The van der Waals surface area contributed by atoms with Gasteiger partial charge in [-0.05, 0) is 0 Å². The van der Waals surface area contributed by atoms with Gasteiger partial charge >= 0.3 is 11.9 Å². The van der Waals surface area contributed by atoms with Gasteiger partial charge in [0.25, 0.3) is 11.7 Å². The summed E-state index contributed by atoms with van der Waals surface area (Å²) in [6.45, 7) is 1.62. The molecule has 0 spiro atoms. The van der Waals surface area contributed by atoms with Crippen molar-refractivity contribution >= 4 is 5.97 Å². The Labute approximate surface area is 83.2 Å². The molecular formula is C7H6N4O4. The molecule has 0 radical (unpaired) electrons. The highest BCUT2D eigenvalue weighted by Crippen LogP contribution is 2.13. The fourth-order valence-electron chi connectivity index (χ4n) is 0.870. The number of nitrogens with zero attached hydrogens (tertiary/aromatic N) is 4. The predicted molar refractivity (Wildman–Crippen MR) is 43.7 cm³/mol. The summed E-state index contributed by atoms with van der Waals surface area (Å²) in [5.74, 6) is -0.464. The number of hydrogen-bond acceptors (Lipinski definition) is 8. The molecule has 0 unspecified atom stereocenters. The van der Waals surface area contributed by atoms with Crippen molar-refractivity contribution in [2.24, 2.45) is 0 Å². The van der Waals surface area contributed by atoms with E-state index in [0.29, 0.717) is 5.89 Å². The Kier molecular flexibility index (Phi) is 2.16. The molecule has 2 aromatic rings. The van der Waals surface area contributed by atoms with Crippen LogP contribution in [0.25, 0.3) is 11.7 Å². The molecule has 0 saturated heterocycles. The largest absolute Gasteiger partial charge is 0.462 e. The van der Waals surface area contributed by atoms with Crippen LogP contribution in [0.15, 0.2) is 8.94 Å². The maximum atomic E-state index is 11.0. The minimum atomic E-state index is -0.714. The average Bonchev–Trinajstić information content (AvgIpc) is 2.84. The van der Waals surface area contributed by atoms with E-state index in [4.69, 9.17) is 8.94 Å². The topological polar surface area (TPSA) is 104 Å². The molecule has 8 heteroatoms. The molecule has 2 aromatic heterocycles. The van der Waals surface area contributed by atoms with Gasteiger partial charge in [-0.2, -0.15) is 4.98 Å². The number of carbonyl (C=O) groups excluding carboxylic acids is 1. The maximum absolute atomic E-state index is 11.0. The number of rotatable bonds is 2. The zero-order valence-corrected chi connectivity index (χ0v) is 7.92. The monoisotopic (exact) mass is 210 g/mol. The standard InChI is InChI=1S/C7H6N4O4/c1-3-8-4(11-15-3)5-9-10-6(14-5)7(12)13-2/h1-2H3. The van der Waals surface area contributed by atoms with Gasteiger partial charge in [-0.1, -0.05) is 5.16 Å². The molecule has 0 atom stereocenters. The normalized spacial score (nSPS) is 10.3. The second-order valence-corrected chi connectivity index (χ2v) is 2.54. The molecule has 0 N–H and O–H groups in total. The van der Waals surface area contributed by atoms with Crippen molar-refractivity contribution in [2.45, 2.75) is 6.92 Å². The van der Waals surface area contributed by atoms with Crippen LogP contribution in [0.3, 0.4) is 0 Å². The first-order valence-electron chi connectivity index (χ1n) is 3.93. The molecule has 0 saturated carbocycles. The van der Waals surface area contributed by atoms with E-state index in [0.717, 1.165) is 0 Å². The number of methoxy groups -OCH3 is 1. The lowest BCUT2D eigenvalue weighted by Gasteiger charge is -1.88. The first-order valence-corrected chi connectivity index (χ1v) is 3.93. The minimum absolute atomic E-state index is 0.00671. The molecule has 2 rings (SSSR count). The summed E-state index contributed by atoms with van der Waals surface area (Å²) in [5.41, 5.74) is 0. The van der Waals surface area contributed by atoms with Gasteiger partial charge in [0.15, 0.2) is 0 Å². The molecule has 0 aliphatic heterocycles. The molecule has 0 aliphatic carbocycles. The number of carbonyl (C=O) groups is 1. The van der Waals surface area contributed by atoms with Crippen molar-refractivity contribution in [3.05, 3.63) is 11.8 Å². The van der Waals surface area contributed by atoms with Crippen molar-refractivity contribution in [3.63, 3.8) is 0 Å². The van der Waals surface area contributed by atoms with E-state index in [9.17, 15) is 4.79 Å². The first kappa shape index (κ1) is 9.31. The summed E-state index contributed by atoms with van der Waals surface area (Å²) in [5, 5.41) is 10.6. The van der Waals surface area contributed by atoms with Gasteiger partial charge in [0.05, 0.1) is 7.11 Å². The quantitative estimate of drug-likeness (QED) is 0.648. The molecule has 2 heterocycles. The Bertz CT molecular complexity index is 489. The molecule has 8 nitrogen and oxygen atoms in total. The van der Waals surface area contributed by atoms with E-state index >= 15 is 0 Å². The summed E-state index contributed by atoms with van der Waals surface area (Å²) in [7, 11) is 1.21. The van der Waals surface area contributed by atoms with Crippen molar-refractivity contribution < 1.29 is 18.5 Å². The fourth-order valence-corrected chi connectivity index (χ4v) is 0.870. The van der Waals surface area contributed by atoms with Crippen LogP contribution < -0.4 is 0 Å². The van der Waals surface area contributed by atoms with Crippen LogP contribution in [0.1, 0.15) is 16.6 Å². The van der Waals surface area contributed by atoms with Crippen LogP contribution in [0.5, 0.6) is 0 Å². The van der Waals surface area contributed by atoms with Crippen LogP contribution in [-0.4, -0.2) is 33.4 Å². The lowest BCUT2D eigenvalue weighted by atomic mass is 10.6. The highest BCUT2D eigenvalue weighted by Gasteiger charge is 2.18. The Morgan fingerprint density at radius 2 is 2.20 bits per heavy atom. The fraction of sp³-hybridized carbons (Fsp3) is 0.286. The summed E-state index contributed by atoms with van der Waals surface area (Å²) >= 11 is 0. The van der Waals surface area contributed by atoms with Crippen LogP contribution >= 0.6 is 0 Å². The van der Waals surface area contributed by atoms with Crippen LogP contribution in [0, 0.1) is 6.92 Å². The molecule has 0 aliphatic rings. The van der Waals surface area contributed by atoms with Crippen LogP contribution in [-0.2, 0) is 4.74 Å². The molecule has 15 heavy (non-hydrogen) atoms. The van der Waals surface area contributed by atoms with Gasteiger partial charge in [-0.3, -0.25) is 0 Å². The lowest BCUT2D eigenvalue weighted by molar-refractivity contribution is 0.0556. The Morgan fingerprint density at radius 3 is 2.80 bits per heavy atom. The van der Waals surface area contributed by atoms with Crippen molar-refractivity contribution in [3.8, 4) is 11.7 Å². The minimum Gasteiger partial charge on any atom is -0.462 e. The van der Waals surface area contributed by atoms with Gasteiger partial charge in [0.1, 0.15) is 0 Å². The number of esters is 1. The second-order valence-electron chi connectivity index (χ2n) is 2.54. The summed E-state index contributed by atoms with van der Waals surface area (Å²) in [6, 6.07) is 0. The van der Waals surface area contributed by atoms with Crippen molar-refractivity contribution in [1.29, 1.82) is 0 Å². The molecule has 0 aromatic carbocycles. The van der Waals surface area contributed by atoms with Crippen LogP contribution in [0.4, 0.5) is 0 Å². The molecule has 0 fully saturated rings. The van der Waals surface area contributed by atoms with Gasteiger partial charge in [0, 0.05) is 6.92 Å². The third-order valence-corrected chi connectivity index (χ3v) is 1.50. The highest BCUT2D eigenvalue weighted by atomic mass is 16.5. The molecular weight excluding hydrogens is 204 g/mol. The van der Waals surface area contributed by atoms with Gasteiger partial charge in [-0.25, -0.2) is 4.79 Å². The Hall–Kier alpha value is -2.25. The highest BCUT2D eigenvalue weighted by molar-refractivity contribution is 5.84. The zero-order chi connectivity index (χ0) is 10.8. The first-order chi connectivity index (χ1) is 7.20. The average molecular weight is 210 g/mol. The SMILES string of the molecule is COC(=O)c1nnc(-c2noc(C)n2)o1. The molecule has 78 valence electrons. The van der Waals surface area contributed by atoms with Gasteiger partial charge < -0.3 is 13.7 Å². The predicted octanol–water partition coefficient (Wildman–Crippen LogP) is 0.215. The third-order valence-electron chi connectivity index (χ3n) is 1.50. The van der Waals surface area contributed by atoms with E-state index in [1.165, 1.54) is 7.11 Å². The van der Waals surface area contributed by atoms with E-state index < -0.39 is 5.97 Å². The maximum Gasteiger partial charge on any atom is 0.396 e. The van der Waals surface area contributed by atoms with Crippen molar-refractivity contribution in [2.75, 3.05) is 7.11 Å². The number of aryl methyl sites for hydroxylation is 1. The lowest BCUT2D eigenvalue weighted by Crippen LogP contribution is -2.00. The number of hydrogen-bond donors (Lipinski definition) is 0. The Morgan fingerprint density at radius 1 is 1.40 bits per heavy atom. The van der Waals surface area contributed by atoms with E-state index in [-0.39, 0.29) is 17.6 Å². The van der Waals surface area contributed by atoms with Crippen LogP contribution in [0.2, 0.25) is 0 Å². The van der Waals surface area contributed by atoms with E-state index in [1.807, 2.05) is 0 Å². The number of aromatic nitrogens is 4. The van der Waals surface area contributed by atoms with Gasteiger partial charge in [-0.15, -0.1) is 10.2 Å². The van der Waals surface area contributed by atoms with Gasteiger partial charge in [0.2, 0.25) is 5.89 Å². The summed E-state index contributed by atoms with van der Waals surface area (Å²) in [6.07, 6.45) is 0. The third kappa shape index (κ3) is 1.68. The van der Waals surface area contributed by atoms with E-state index in [1.54, 1.807) is 6.92 Å². The molecule has 0 amide bonds. The molecule has 0 bridgehead atoms.